The zero-order valence-corrected chi connectivity index (χ0v) is 11.0. The number of benzene rings is 1. The van der Waals surface area contributed by atoms with Gasteiger partial charge in [-0.25, -0.2) is 0 Å². The Morgan fingerprint density at radius 3 is 2.68 bits per heavy atom. The number of nitrogens with one attached hydrogen (secondary N) is 1. The summed E-state index contributed by atoms with van der Waals surface area (Å²) in [6.07, 6.45) is 2.19. The van der Waals surface area contributed by atoms with Crippen molar-refractivity contribution >= 4 is 5.91 Å². The number of rotatable bonds is 5. The Balaban J connectivity index is 1.83. The number of amides is 1. The molecule has 0 saturated heterocycles. The Morgan fingerprint density at radius 2 is 2.11 bits per heavy atom. The molecular weight excluding hydrogens is 244 g/mol. The van der Waals surface area contributed by atoms with E-state index in [0.29, 0.717) is 17.9 Å². The number of hydrogen-bond donors (Lipinski definition) is 1. The predicted molar refractivity (Wildman–Crippen MR) is 70.3 cm³/mol. The third kappa shape index (κ3) is 3.34. The van der Waals surface area contributed by atoms with Gasteiger partial charge in [-0.1, -0.05) is 17.3 Å². The summed E-state index contributed by atoms with van der Waals surface area (Å²) in [5, 5.41) is 6.41. The Bertz CT molecular complexity index is 546. The maximum atomic E-state index is 11.8. The molecule has 0 atom stereocenters. The summed E-state index contributed by atoms with van der Waals surface area (Å²) in [4.78, 5) is 11.8. The number of carbonyl (C=O) groups is 1. The van der Waals surface area contributed by atoms with E-state index < -0.39 is 0 Å². The fraction of sp³-hybridized carbons (Fsp3) is 0.286. The van der Waals surface area contributed by atoms with Crippen LogP contribution in [0.2, 0.25) is 0 Å². The average molecular weight is 260 g/mol. The molecule has 5 nitrogen and oxygen atoms in total. The number of aryl methyl sites for hydroxylation is 1. The molecule has 0 aliphatic carbocycles. The van der Waals surface area contributed by atoms with Gasteiger partial charge in [-0.2, -0.15) is 0 Å². The molecule has 2 rings (SSSR count). The summed E-state index contributed by atoms with van der Waals surface area (Å²) in [7, 11) is 1.64. The highest BCUT2D eigenvalue weighted by Crippen LogP contribution is 2.11. The molecule has 2 aromatic rings. The van der Waals surface area contributed by atoms with Crippen molar-refractivity contribution in [1.82, 2.24) is 10.5 Å². The Morgan fingerprint density at radius 1 is 1.37 bits per heavy atom. The molecule has 1 aromatic heterocycles. The molecule has 1 aromatic carbocycles. The molecule has 0 radical (unpaired) electrons. The van der Waals surface area contributed by atoms with Crippen molar-refractivity contribution in [3.63, 3.8) is 0 Å². The Hall–Kier alpha value is -2.30. The second-order valence-corrected chi connectivity index (χ2v) is 4.15. The third-order valence-corrected chi connectivity index (χ3v) is 2.85. The largest absolute Gasteiger partial charge is 0.497 e. The van der Waals surface area contributed by atoms with Crippen molar-refractivity contribution < 1.29 is 14.1 Å². The smallest absolute Gasteiger partial charge is 0.256 e. The van der Waals surface area contributed by atoms with E-state index in [1.54, 1.807) is 14.0 Å². The van der Waals surface area contributed by atoms with Gasteiger partial charge in [0.15, 0.2) is 0 Å². The summed E-state index contributed by atoms with van der Waals surface area (Å²) in [6.45, 7) is 2.28. The topological polar surface area (TPSA) is 64.4 Å². The molecule has 1 heterocycles. The van der Waals surface area contributed by atoms with Crippen molar-refractivity contribution in [3.8, 4) is 5.75 Å². The third-order valence-electron chi connectivity index (χ3n) is 2.85. The van der Waals surface area contributed by atoms with Gasteiger partial charge in [0.25, 0.3) is 5.91 Å². The quantitative estimate of drug-likeness (QED) is 0.892. The highest BCUT2D eigenvalue weighted by Gasteiger charge is 2.11. The number of aromatic nitrogens is 1. The van der Waals surface area contributed by atoms with Gasteiger partial charge in [0.2, 0.25) is 0 Å². The number of ether oxygens (including phenoxy) is 1. The number of nitrogens with zero attached hydrogens (tertiary/aromatic N) is 1. The van der Waals surface area contributed by atoms with Crippen LogP contribution in [0.3, 0.4) is 0 Å². The van der Waals surface area contributed by atoms with Crippen LogP contribution in [0, 0.1) is 6.92 Å². The predicted octanol–water partition coefficient (Wildman–Crippen LogP) is 1.96. The molecule has 0 unspecified atom stereocenters. The highest BCUT2D eigenvalue weighted by molar-refractivity contribution is 5.94. The van der Waals surface area contributed by atoms with E-state index in [2.05, 4.69) is 10.5 Å². The summed E-state index contributed by atoms with van der Waals surface area (Å²) < 4.78 is 9.94. The SMILES string of the molecule is COc1ccc(CCNC(=O)c2cnoc2C)cc1. The first-order chi connectivity index (χ1) is 9.20. The molecular formula is C14H16N2O3. The van der Waals surface area contributed by atoms with Gasteiger partial charge in [0, 0.05) is 6.54 Å². The number of methoxy groups -OCH3 is 1. The first-order valence-corrected chi connectivity index (χ1v) is 6.03. The van der Waals surface area contributed by atoms with Gasteiger partial charge >= 0.3 is 0 Å². The van der Waals surface area contributed by atoms with Crippen LogP contribution in [-0.4, -0.2) is 24.7 Å². The fourth-order valence-corrected chi connectivity index (χ4v) is 1.72. The van der Waals surface area contributed by atoms with Crippen LogP contribution in [0.1, 0.15) is 21.7 Å². The standard InChI is InChI=1S/C14H16N2O3/c1-10-13(9-16-19-10)14(17)15-8-7-11-3-5-12(18-2)6-4-11/h3-6,9H,7-8H2,1-2H3,(H,15,17). The lowest BCUT2D eigenvalue weighted by molar-refractivity contribution is 0.0952. The minimum absolute atomic E-state index is 0.160. The van der Waals surface area contributed by atoms with Crippen LogP contribution >= 0.6 is 0 Å². The molecule has 0 bridgehead atoms. The average Bonchev–Trinajstić information content (AvgIpc) is 2.86. The normalized spacial score (nSPS) is 10.2. The maximum Gasteiger partial charge on any atom is 0.256 e. The lowest BCUT2D eigenvalue weighted by Gasteiger charge is -2.05. The summed E-state index contributed by atoms with van der Waals surface area (Å²) in [5.41, 5.74) is 1.62. The van der Waals surface area contributed by atoms with E-state index in [4.69, 9.17) is 9.26 Å². The molecule has 0 saturated carbocycles. The first kappa shape index (κ1) is 13.1. The van der Waals surface area contributed by atoms with E-state index in [1.807, 2.05) is 24.3 Å². The molecule has 19 heavy (non-hydrogen) atoms. The zero-order valence-electron chi connectivity index (χ0n) is 11.0. The second-order valence-electron chi connectivity index (χ2n) is 4.15. The highest BCUT2D eigenvalue weighted by atomic mass is 16.5. The molecule has 1 N–H and O–H groups in total. The first-order valence-electron chi connectivity index (χ1n) is 6.03. The molecule has 0 spiro atoms. The lowest BCUT2D eigenvalue weighted by Crippen LogP contribution is -2.25. The van der Waals surface area contributed by atoms with Crippen molar-refractivity contribution in [1.29, 1.82) is 0 Å². The monoisotopic (exact) mass is 260 g/mol. The van der Waals surface area contributed by atoms with Gasteiger partial charge < -0.3 is 14.6 Å². The van der Waals surface area contributed by atoms with E-state index >= 15 is 0 Å². The number of hydrogen-bond acceptors (Lipinski definition) is 4. The van der Waals surface area contributed by atoms with E-state index in [1.165, 1.54) is 6.20 Å². The maximum absolute atomic E-state index is 11.8. The van der Waals surface area contributed by atoms with Gasteiger partial charge in [0.1, 0.15) is 17.1 Å². The van der Waals surface area contributed by atoms with Crippen LogP contribution in [0.15, 0.2) is 35.0 Å². The van der Waals surface area contributed by atoms with Crippen molar-refractivity contribution in [2.45, 2.75) is 13.3 Å². The summed E-state index contributed by atoms with van der Waals surface area (Å²) in [5.74, 6) is 1.20. The van der Waals surface area contributed by atoms with Gasteiger partial charge in [-0.15, -0.1) is 0 Å². The van der Waals surface area contributed by atoms with Crippen LogP contribution in [0.5, 0.6) is 5.75 Å². The van der Waals surface area contributed by atoms with Crippen LogP contribution in [-0.2, 0) is 6.42 Å². The van der Waals surface area contributed by atoms with Gasteiger partial charge in [-0.3, -0.25) is 4.79 Å². The van der Waals surface area contributed by atoms with Gasteiger partial charge in [-0.05, 0) is 31.0 Å². The molecule has 0 aliphatic heterocycles. The van der Waals surface area contributed by atoms with Crippen LogP contribution < -0.4 is 10.1 Å². The molecule has 5 heteroatoms. The summed E-state index contributed by atoms with van der Waals surface area (Å²) in [6, 6.07) is 7.77. The fourth-order valence-electron chi connectivity index (χ4n) is 1.72. The van der Waals surface area contributed by atoms with Crippen LogP contribution in [0.4, 0.5) is 0 Å². The molecule has 0 aliphatic rings. The van der Waals surface area contributed by atoms with E-state index in [9.17, 15) is 4.79 Å². The van der Waals surface area contributed by atoms with Crippen molar-refractivity contribution in [2.75, 3.05) is 13.7 Å². The Labute approximate surface area is 111 Å². The minimum Gasteiger partial charge on any atom is -0.497 e. The van der Waals surface area contributed by atoms with Crippen molar-refractivity contribution in [3.05, 3.63) is 47.3 Å². The summed E-state index contributed by atoms with van der Waals surface area (Å²) >= 11 is 0. The number of carbonyl (C=O) groups excluding carboxylic acids is 1. The van der Waals surface area contributed by atoms with E-state index in [-0.39, 0.29) is 5.91 Å². The minimum atomic E-state index is -0.160. The van der Waals surface area contributed by atoms with Crippen LogP contribution in [0.25, 0.3) is 0 Å². The molecule has 100 valence electrons. The molecule has 1 amide bonds. The lowest BCUT2D eigenvalue weighted by atomic mass is 10.1. The Kier molecular flexibility index (Phi) is 4.18. The second kappa shape index (κ2) is 6.04. The van der Waals surface area contributed by atoms with Crippen molar-refractivity contribution in [2.24, 2.45) is 0 Å². The zero-order chi connectivity index (χ0) is 13.7. The van der Waals surface area contributed by atoms with Gasteiger partial charge in [0.05, 0.1) is 13.3 Å². The molecule has 0 fully saturated rings. The van der Waals surface area contributed by atoms with E-state index in [0.717, 1.165) is 17.7 Å².